The Morgan fingerprint density at radius 3 is 2.15 bits per heavy atom. The highest BCUT2D eigenvalue weighted by Gasteiger charge is 2.17. The number of benzene rings is 3. The maximum Gasteiger partial charge on any atom is 0.329 e. The molecule has 0 radical (unpaired) electrons. The number of hydrogen-bond acceptors (Lipinski definition) is 6. The van der Waals surface area contributed by atoms with Gasteiger partial charge in [0.15, 0.2) is 0 Å². The molecule has 1 aromatic heterocycles. The van der Waals surface area contributed by atoms with Crippen LogP contribution in [-0.4, -0.2) is 67.0 Å². The Balaban J connectivity index is 1.30. The molecule has 39 heavy (non-hydrogen) atoms. The van der Waals surface area contributed by atoms with Crippen molar-refractivity contribution in [3.8, 4) is 22.8 Å². The van der Waals surface area contributed by atoms with Gasteiger partial charge in [-0.15, -0.1) is 0 Å². The fourth-order valence-electron chi connectivity index (χ4n) is 4.35. The average Bonchev–Trinajstić information content (AvgIpc) is 3.18. The van der Waals surface area contributed by atoms with Crippen LogP contribution in [0.15, 0.2) is 66.7 Å². The van der Waals surface area contributed by atoms with E-state index in [1.54, 1.807) is 24.3 Å². The van der Waals surface area contributed by atoms with E-state index in [0.717, 1.165) is 39.0 Å². The Morgan fingerprint density at radius 2 is 1.49 bits per heavy atom. The van der Waals surface area contributed by atoms with Gasteiger partial charge in [0.2, 0.25) is 0 Å². The Kier molecular flexibility index (Phi) is 9.91. The summed E-state index contributed by atoms with van der Waals surface area (Å²) < 4.78 is 37.2. The first-order valence-corrected chi connectivity index (χ1v) is 12.7. The van der Waals surface area contributed by atoms with Gasteiger partial charge in [-0.3, -0.25) is 0 Å². The first-order valence-electron chi connectivity index (χ1n) is 12.7. The fraction of sp³-hybridized carbons (Fsp3) is 0.300. The summed E-state index contributed by atoms with van der Waals surface area (Å²) in [6.45, 7) is 4.39. The van der Waals surface area contributed by atoms with Gasteiger partial charge in [-0.25, -0.2) is 9.18 Å². The zero-order chi connectivity index (χ0) is 27.6. The number of rotatable bonds is 15. The molecule has 1 heterocycles. The van der Waals surface area contributed by atoms with Gasteiger partial charge in [0.05, 0.1) is 38.7 Å². The van der Waals surface area contributed by atoms with Crippen LogP contribution in [0.4, 0.5) is 4.39 Å². The van der Waals surface area contributed by atoms with E-state index >= 15 is 0 Å². The molecule has 0 unspecified atom stereocenters. The molecule has 4 aromatic rings. The van der Waals surface area contributed by atoms with Crippen LogP contribution in [0.5, 0.6) is 11.5 Å². The summed E-state index contributed by atoms with van der Waals surface area (Å²) in [5, 5.41) is 19.5. The molecule has 0 amide bonds. The minimum absolute atomic E-state index is 0.203. The Bertz CT molecular complexity index is 1370. The standard InChI is InChI=1S/C30H32FNO7/c1-21-27-18-25(33)8-11-28(27)32(30(21)23-4-6-24(31)7-5-23)19-22-2-9-26(10-3-22)39-17-16-37-13-12-36-14-15-38-20-29(34)35/h2-11,18,33H,12-17,19-20H2,1H3,(H,34,35). The molecule has 0 saturated carbocycles. The van der Waals surface area contributed by atoms with Crippen LogP contribution in [0.2, 0.25) is 0 Å². The second-order valence-corrected chi connectivity index (χ2v) is 8.93. The Hall–Kier alpha value is -3.92. The topological polar surface area (TPSA) is 99.4 Å². The maximum absolute atomic E-state index is 13.6. The largest absolute Gasteiger partial charge is 0.508 e. The fourth-order valence-corrected chi connectivity index (χ4v) is 4.35. The molecule has 0 aliphatic carbocycles. The normalized spacial score (nSPS) is 11.2. The smallest absolute Gasteiger partial charge is 0.329 e. The number of fused-ring (bicyclic) bond motifs is 1. The third-order valence-corrected chi connectivity index (χ3v) is 6.15. The second kappa shape index (κ2) is 13.7. The van der Waals surface area contributed by atoms with Crippen LogP contribution < -0.4 is 4.74 Å². The lowest BCUT2D eigenvalue weighted by Crippen LogP contribution is -2.14. The van der Waals surface area contributed by atoms with E-state index in [1.165, 1.54) is 12.1 Å². The number of hydrogen-bond donors (Lipinski definition) is 2. The number of halogens is 1. The van der Waals surface area contributed by atoms with Crippen LogP contribution in [0.3, 0.4) is 0 Å². The average molecular weight is 538 g/mol. The molecule has 0 aliphatic heterocycles. The second-order valence-electron chi connectivity index (χ2n) is 8.93. The van der Waals surface area contributed by atoms with Crippen molar-refractivity contribution in [2.24, 2.45) is 0 Å². The van der Waals surface area contributed by atoms with Crippen LogP contribution in [0.1, 0.15) is 11.1 Å². The van der Waals surface area contributed by atoms with E-state index in [9.17, 15) is 14.3 Å². The summed E-state index contributed by atoms with van der Waals surface area (Å²) in [6, 6.07) is 19.6. The highest BCUT2D eigenvalue weighted by molar-refractivity contribution is 5.92. The SMILES string of the molecule is Cc1c(-c2ccc(F)cc2)n(Cc2ccc(OCCOCCOCCOCC(=O)O)cc2)c2ccc(O)cc12. The van der Waals surface area contributed by atoms with Crippen molar-refractivity contribution in [3.05, 3.63) is 83.7 Å². The summed E-state index contributed by atoms with van der Waals surface area (Å²) in [4.78, 5) is 10.3. The van der Waals surface area contributed by atoms with Crippen molar-refractivity contribution in [2.75, 3.05) is 46.2 Å². The van der Waals surface area contributed by atoms with Gasteiger partial charge in [0.1, 0.15) is 30.5 Å². The number of aliphatic carboxylic acids is 1. The predicted octanol–water partition coefficient (Wildman–Crippen LogP) is 5.02. The number of ether oxygens (including phenoxy) is 4. The molecule has 0 fully saturated rings. The van der Waals surface area contributed by atoms with Crippen molar-refractivity contribution in [1.29, 1.82) is 0 Å². The number of phenolic OH excluding ortho intramolecular Hbond substituents is 1. The van der Waals surface area contributed by atoms with Gasteiger partial charge >= 0.3 is 5.97 Å². The number of carbonyl (C=O) groups is 1. The zero-order valence-electron chi connectivity index (χ0n) is 21.8. The van der Waals surface area contributed by atoms with Crippen molar-refractivity contribution in [2.45, 2.75) is 13.5 Å². The Labute approximate surface area is 226 Å². The lowest BCUT2D eigenvalue weighted by Gasteiger charge is -2.13. The molecule has 3 aromatic carbocycles. The molecule has 0 atom stereocenters. The maximum atomic E-state index is 13.6. The summed E-state index contributed by atoms with van der Waals surface area (Å²) in [6.07, 6.45) is 0. The molecule has 0 aliphatic rings. The highest BCUT2D eigenvalue weighted by atomic mass is 19.1. The third-order valence-electron chi connectivity index (χ3n) is 6.15. The lowest BCUT2D eigenvalue weighted by molar-refractivity contribution is -0.142. The van der Waals surface area contributed by atoms with Crippen molar-refractivity contribution >= 4 is 16.9 Å². The van der Waals surface area contributed by atoms with E-state index in [0.29, 0.717) is 39.6 Å². The van der Waals surface area contributed by atoms with Crippen LogP contribution in [0, 0.1) is 12.7 Å². The minimum Gasteiger partial charge on any atom is -0.508 e. The van der Waals surface area contributed by atoms with Gasteiger partial charge in [0.25, 0.3) is 0 Å². The van der Waals surface area contributed by atoms with Crippen molar-refractivity contribution in [1.82, 2.24) is 4.57 Å². The molecule has 8 nitrogen and oxygen atoms in total. The molecule has 0 saturated heterocycles. The van der Waals surface area contributed by atoms with Gasteiger partial charge in [-0.05, 0) is 78.2 Å². The quantitative estimate of drug-likeness (QED) is 0.205. The van der Waals surface area contributed by atoms with E-state index in [2.05, 4.69) is 4.57 Å². The number of carboxylic acid groups (broad SMARTS) is 1. The van der Waals surface area contributed by atoms with E-state index in [-0.39, 0.29) is 24.8 Å². The van der Waals surface area contributed by atoms with Crippen LogP contribution in [-0.2, 0) is 25.5 Å². The molecule has 0 spiro atoms. The highest BCUT2D eigenvalue weighted by Crippen LogP contribution is 2.35. The molecule has 4 rings (SSSR count). The number of aromatic nitrogens is 1. The first-order chi connectivity index (χ1) is 18.9. The van der Waals surface area contributed by atoms with Crippen LogP contribution >= 0.6 is 0 Å². The van der Waals surface area contributed by atoms with Gasteiger partial charge < -0.3 is 33.7 Å². The molecule has 2 N–H and O–H groups in total. The van der Waals surface area contributed by atoms with E-state index < -0.39 is 5.97 Å². The van der Waals surface area contributed by atoms with Crippen molar-refractivity contribution in [3.63, 3.8) is 0 Å². The summed E-state index contributed by atoms with van der Waals surface area (Å²) in [5.41, 5.74) is 4.95. The number of nitrogens with zero attached hydrogens (tertiary/aromatic N) is 1. The molecule has 0 bridgehead atoms. The number of phenols is 1. The third kappa shape index (κ3) is 7.79. The lowest BCUT2D eigenvalue weighted by atomic mass is 10.1. The van der Waals surface area contributed by atoms with Crippen molar-refractivity contribution < 1.29 is 38.3 Å². The first kappa shape index (κ1) is 28.1. The van der Waals surface area contributed by atoms with Gasteiger partial charge in [-0.1, -0.05) is 12.1 Å². The molecular formula is C30H32FNO7. The minimum atomic E-state index is -1.00. The number of carboxylic acids is 1. The predicted molar refractivity (Wildman–Crippen MR) is 145 cm³/mol. The van der Waals surface area contributed by atoms with Gasteiger partial charge in [0, 0.05) is 17.4 Å². The monoisotopic (exact) mass is 537 g/mol. The van der Waals surface area contributed by atoms with E-state index in [4.69, 9.17) is 24.1 Å². The van der Waals surface area contributed by atoms with Crippen LogP contribution in [0.25, 0.3) is 22.2 Å². The molecule has 206 valence electrons. The van der Waals surface area contributed by atoms with Gasteiger partial charge in [-0.2, -0.15) is 0 Å². The zero-order valence-corrected chi connectivity index (χ0v) is 21.8. The summed E-state index contributed by atoms with van der Waals surface area (Å²) in [5.74, 6) is -0.359. The summed E-state index contributed by atoms with van der Waals surface area (Å²) in [7, 11) is 0. The molecular weight excluding hydrogens is 505 g/mol. The molecule has 9 heteroatoms. The van der Waals surface area contributed by atoms with E-state index in [1.807, 2.05) is 37.3 Å². The Morgan fingerprint density at radius 1 is 0.846 bits per heavy atom. The number of aryl methyl sites for hydroxylation is 1. The summed E-state index contributed by atoms with van der Waals surface area (Å²) >= 11 is 0. The number of aromatic hydroxyl groups is 1.